The molecule has 0 saturated carbocycles. The quantitative estimate of drug-likeness (QED) is 0.0586. The van der Waals surface area contributed by atoms with Crippen LogP contribution in [0.5, 0.6) is 0 Å². The number of nitrogens with zero attached hydrogens (tertiary/aromatic N) is 2. The molecule has 2 unspecified atom stereocenters. The molecule has 0 radical (unpaired) electrons. The molecule has 0 heterocycles. The molecule has 12 nitrogen and oxygen atoms in total. The Morgan fingerprint density at radius 3 is 1.93 bits per heavy atom. The van der Waals surface area contributed by atoms with Crippen LogP contribution in [0, 0.1) is 29.1 Å². The zero-order valence-corrected chi connectivity index (χ0v) is 32.3. The lowest BCUT2D eigenvalue weighted by Crippen LogP contribution is -2.59. The van der Waals surface area contributed by atoms with Crippen molar-refractivity contribution in [2.45, 2.75) is 70.0 Å². The summed E-state index contributed by atoms with van der Waals surface area (Å²) in [6.45, 7) is 4.73. The van der Waals surface area contributed by atoms with Crippen LogP contribution < -0.4 is 10.0 Å². The monoisotopic (exact) mass is 840 g/mol. The largest absolute Gasteiger partial charge is 0.465 e. The number of carboxylic acid groups (broad SMARTS) is 1. The summed E-state index contributed by atoms with van der Waals surface area (Å²) in [6.07, 6.45) is -4.12. The molecule has 0 aliphatic carbocycles. The van der Waals surface area contributed by atoms with E-state index in [2.05, 4.69) is 10.0 Å². The van der Waals surface area contributed by atoms with Crippen molar-refractivity contribution in [3.8, 4) is 0 Å². The molecule has 3 amide bonds. The van der Waals surface area contributed by atoms with Crippen LogP contribution in [0.1, 0.15) is 38.8 Å². The second-order valence-corrected chi connectivity index (χ2v) is 14.7. The first-order valence-corrected chi connectivity index (χ1v) is 18.9. The first-order chi connectivity index (χ1) is 25.8. The third kappa shape index (κ3) is 11.7. The fraction of sp³-hybridized carbons (Fsp3) is 0.400. The standard InChI is InChI=1S/C35H39Cl2F5N4O8S/c1-5-53-27(54-6-2)18-45(19(3)4)34(48)24(15-22-28(38)30(40)32(42)31(41)29(22)39)44-33(47)25(46(35(49)50)17-20-10-8-7-9-11-20)16-43-55(51,52)26-13-12-21(36)14-23(26)37/h7-14,19,24-25,27,43H,5-6,15-18H2,1-4H3,(H,44,47)(H,49,50). The maximum absolute atomic E-state index is 15.1. The van der Waals surface area contributed by atoms with E-state index in [0.717, 1.165) is 17.0 Å². The first kappa shape index (κ1) is 45.3. The molecule has 20 heteroatoms. The number of carbonyl (C=O) groups is 3. The van der Waals surface area contributed by atoms with Gasteiger partial charge in [0.25, 0.3) is 0 Å². The topological polar surface area (TPSA) is 155 Å². The van der Waals surface area contributed by atoms with E-state index in [0.29, 0.717) is 10.5 Å². The van der Waals surface area contributed by atoms with Crippen molar-refractivity contribution >= 4 is 51.1 Å². The Bertz CT molecular complexity index is 1910. The molecule has 3 aromatic carbocycles. The summed E-state index contributed by atoms with van der Waals surface area (Å²) in [5.74, 6) is -14.1. The Kier molecular flexibility index (Phi) is 16.6. The molecule has 0 fully saturated rings. The van der Waals surface area contributed by atoms with Gasteiger partial charge in [-0.15, -0.1) is 0 Å². The van der Waals surface area contributed by atoms with Gasteiger partial charge in [0.2, 0.25) is 27.7 Å². The highest BCUT2D eigenvalue weighted by molar-refractivity contribution is 7.89. The number of sulfonamides is 1. The summed E-state index contributed by atoms with van der Waals surface area (Å²) < 4.78 is 113. The number of nitrogens with one attached hydrogen (secondary N) is 2. The molecule has 302 valence electrons. The number of ether oxygens (including phenoxy) is 2. The number of carbonyl (C=O) groups excluding carboxylic acids is 2. The van der Waals surface area contributed by atoms with Crippen LogP contribution in [-0.2, 0) is 42.1 Å². The summed E-state index contributed by atoms with van der Waals surface area (Å²) in [4.78, 5) is 42.2. The number of rotatable bonds is 19. The van der Waals surface area contributed by atoms with E-state index in [1.54, 1.807) is 32.0 Å². The van der Waals surface area contributed by atoms with Gasteiger partial charge in [0.15, 0.2) is 29.6 Å². The highest BCUT2D eigenvalue weighted by atomic mass is 35.5. The van der Waals surface area contributed by atoms with E-state index in [4.69, 9.17) is 32.7 Å². The van der Waals surface area contributed by atoms with Crippen LogP contribution in [0.4, 0.5) is 26.7 Å². The molecule has 55 heavy (non-hydrogen) atoms. The molecular formula is C35H39Cl2F5N4O8S. The summed E-state index contributed by atoms with van der Waals surface area (Å²) in [5, 5.41) is 12.3. The highest BCUT2D eigenvalue weighted by Crippen LogP contribution is 2.27. The van der Waals surface area contributed by atoms with Gasteiger partial charge in [-0.1, -0.05) is 53.5 Å². The van der Waals surface area contributed by atoms with Crippen molar-refractivity contribution in [3.63, 3.8) is 0 Å². The minimum absolute atomic E-state index is 0.0925. The van der Waals surface area contributed by atoms with Gasteiger partial charge in [-0.05, 0) is 51.5 Å². The second-order valence-electron chi connectivity index (χ2n) is 12.1. The third-order valence-corrected chi connectivity index (χ3v) is 10.2. The molecule has 3 rings (SSSR count). The number of benzene rings is 3. The van der Waals surface area contributed by atoms with Crippen molar-refractivity contribution < 1.29 is 59.3 Å². The number of hydrogen-bond donors (Lipinski definition) is 3. The van der Waals surface area contributed by atoms with Crippen LogP contribution in [0.15, 0.2) is 53.4 Å². The first-order valence-electron chi connectivity index (χ1n) is 16.7. The minimum atomic E-state index is -4.60. The van der Waals surface area contributed by atoms with E-state index < -0.39 is 111 Å². The van der Waals surface area contributed by atoms with Gasteiger partial charge in [-0.25, -0.2) is 39.9 Å². The molecule has 0 aromatic heterocycles. The molecule has 0 aliphatic heterocycles. The van der Waals surface area contributed by atoms with Crippen LogP contribution in [-0.4, -0.2) is 92.0 Å². The molecule has 2 atom stereocenters. The van der Waals surface area contributed by atoms with E-state index in [-0.39, 0.29) is 29.8 Å². The summed E-state index contributed by atoms with van der Waals surface area (Å²) in [6, 6.07) is 6.24. The van der Waals surface area contributed by atoms with Crippen molar-refractivity contribution in [1.29, 1.82) is 0 Å². The average Bonchev–Trinajstić information content (AvgIpc) is 3.12. The normalized spacial score (nSPS) is 12.8. The molecule has 0 bridgehead atoms. The fourth-order valence-electron chi connectivity index (χ4n) is 5.34. The second kappa shape index (κ2) is 20.2. The van der Waals surface area contributed by atoms with Crippen molar-refractivity contribution in [1.82, 2.24) is 19.8 Å². The Morgan fingerprint density at radius 2 is 1.42 bits per heavy atom. The zero-order valence-electron chi connectivity index (χ0n) is 29.9. The molecule has 0 aliphatic rings. The highest BCUT2D eigenvalue weighted by Gasteiger charge is 2.38. The van der Waals surface area contributed by atoms with Gasteiger partial charge in [-0.2, -0.15) is 0 Å². The van der Waals surface area contributed by atoms with E-state index in [9.17, 15) is 41.1 Å². The van der Waals surface area contributed by atoms with Gasteiger partial charge >= 0.3 is 6.09 Å². The summed E-state index contributed by atoms with van der Waals surface area (Å²) in [5.41, 5.74) is -1.12. The summed E-state index contributed by atoms with van der Waals surface area (Å²) >= 11 is 12.0. The smallest absolute Gasteiger partial charge is 0.408 e. The number of halogens is 7. The van der Waals surface area contributed by atoms with Gasteiger partial charge in [-0.3, -0.25) is 14.5 Å². The van der Waals surface area contributed by atoms with Crippen LogP contribution in [0.2, 0.25) is 10.0 Å². The maximum atomic E-state index is 15.1. The van der Waals surface area contributed by atoms with Gasteiger partial charge in [0.1, 0.15) is 17.0 Å². The molecular weight excluding hydrogens is 802 g/mol. The van der Waals surface area contributed by atoms with Crippen molar-refractivity contribution in [2.24, 2.45) is 0 Å². The van der Waals surface area contributed by atoms with Crippen LogP contribution in [0.3, 0.4) is 0 Å². The lowest BCUT2D eigenvalue weighted by atomic mass is 10.0. The van der Waals surface area contributed by atoms with E-state index in [1.165, 1.54) is 32.0 Å². The molecule has 0 saturated heterocycles. The lowest BCUT2D eigenvalue weighted by molar-refractivity contribution is -0.163. The molecule has 3 aromatic rings. The fourth-order valence-corrected chi connectivity index (χ4v) is 7.15. The number of hydrogen-bond acceptors (Lipinski definition) is 7. The predicted molar refractivity (Wildman–Crippen MR) is 191 cm³/mol. The van der Waals surface area contributed by atoms with Crippen molar-refractivity contribution in [2.75, 3.05) is 26.3 Å². The van der Waals surface area contributed by atoms with E-state index >= 15 is 8.78 Å². The Balaban J connectivity index is 2.16. The van der Waals surface area contributed by atoms with E-state index in [1.807, 2.05) is 0 Å². The lowest BCUT2D eigenvalue weighted by Gasteiger charge is -2.35. The summed E-state index contributed by atoms with van der Waals surface area (Å²) in [7, 11) is -4.60. The SMILES string of the molecule is CCOC(CN(C(=O)C(Cc1c(F)c(F)c(F)c(F)c1F)NC(=O)C(CNS(=O)(=O)c1ccc(Cl)cc1Cl)N(Cc1ccccc1)C(=O)O)C(C)C)OCC. The molecule has 0 spiro atoms. The zero-order chi connectivity index (χ0) is 41.2. The van der Waals surface area contributed by atoms with Crippen LogP contribution >= 0.6 is 23.2 Å². The van der Waals surface area contributed by atoms with Gasteiger partial charge in [0.05, 0.1) is 11.6 Å². The Labute approximate surface area is 324 Å². The third-order valence-electron chi connectivity index (χ3n) is 8.05. The van der Waals surface area contributed by atoms with Gasteiger partial charge in [0, 0.05) is 49.4 Å². The minimum Gasteiger partial charge on any atom is -0.465 e. The van der Waals surface area contributed by atoms with Crippen molar-refractivity contribution in [3.05, 3.63) is 98.8 Å². The Hall–Kier alpha value is -4.07. The average molecular weight is 842 g/mol. The van der Waals surface area contributed by atoms with Gasteiger partial charge < -0.3 is 24.8 Å². The number of amides is 3. The maximum Gasteiger partial charge on any atom is 0.408 e. The predicted octanol–water partition coefficient (Wildman–Crippen LogP) is 5.88. The Morgan fingerprint density at radius 1 is 0.855 bits per heavy atom. The van der Waals surface area contributed by atoms with Crippen LogP contribution in [0.25, 0.3) is 0 Å². The molecule has 3 N–H and O–H groups in total.